The molecule has 0 aliphatic carbocycles. The maximum absolute atomic E-state index is 12.9. The van der Waals surface area contributed by atoms with E-state index >= 15 is 0 Å². The number of methoxy groups -OCH3 is 1. The van der Waals surface area contributed by atoms with Crippen molar-refractivity contribution in [2.45, 2.75) is 17.5 Å². The number of halogens is 4. The number of ether oxygens (including phenoxy) is 2. The number of hydrogen-bond donors (Lipinski definition) is 0. The fourth-order valence-electron chi connectivity index (χ4n) is 1.35. The average molecular weight is 347 g/mol. The Labute approximate surface area is 123 Å². The van der Waals surface area contributed by atoms with Crippen LogP contribution in [-0.2, 0) is 24.8 Å². The second-order valence-corrected chi connectivity index (χ2v) is 6.33. The van der Waals surface area contributed by atoms with E-state index in [2.05, 4.69) is 4.74 Å². The van der Waals surface area contributed by atoms with Crippen LogP contribution in [-0.4, -0.2) is 28.1 Å². The highest BCUT2D eigenvalue weighted by Crippen LogP contribution is 2.38. The third-order valence-corrected chi connectivity index (χ3v) is 3.68. The van der Waals surface area contributed by atoms with Gasteiger partial charge in [0.05, 0.1) is 30.6 Å². The lowest BCUT2D eigenvalue weighted by atomic mass is 10.2. The summed E-state index contributed by atoms with van der Waals surface area (Å²) in [7, 11) is 1.83. The maximum Gasteiger partial charge on any atom is 0.420 e. The standard InChI is InChI=1S/C11H10ClF3O5S/c1-19-10(16)4-5-20-9-3-2-7(21(12,17)18)6-8(9)11(13,14)15/h2-3,6H,4-5H2,1H3. The minimum absolute atomic E-state index is 0.247. The Morgan fingerprint density at radius 1 is 1.33 bits per heavy atom. The molecule has 0 aliphatic heterocycles. The molecule has 1 rings (SSSR count). The molecule has 0 N–H and O–H groups in total. The van der Waals surface area contributed by atoms with Gasteiger partial charge in [0.1, 0.15) is 5.75 Å². The number of carbonyl (C=O) groups is 1. The first-order chi connectivity index (χ1) is 9.55. The predicted octanol–water partition coefficient (Wildman–Crippen LogP) is 2.57. The van der Waals surface area contributed by atoms with Crippen LogP contribution >= 0.6 is 10.7 Å². The van der Waals surface area contributed by atoms with Crippen molar-refractivity contribution in [3.05, 3.63) is 23.8 Å². The molecule has 0 radical (unpaired) electrons. The summed E-state index contributed by atoms with van der Waals surface area (Å²) in [5.41, 5.74) is -1.30. The summed E-state index contributed by atoms with van der Waals surface area (Å²) in [4.78, 5) is 10.2. The molecular formula is C11H10ClF3O5S. The molecule has 0 aliphatic rings. The van der Waals surface area contributed by atoms with Crippen LogP contribution in [0.15, 0.2) is 23.1 Å². The molecular weight excluding hydrogens is 337 g/mol. The van der Waals surface area contributed by atoms with Gasteiger partial charge in [-0.15, -0.1) is 0 Å². The normalized spacial score (nSPS) is 12.0. The molecule has 118 valence electrons. The van der Waals surface area contributed by atoms with Crippen molar-refractivity contribution in [1.29, 1.82) is 0 Å². The zero-order chi connectivity index (χ0) is 16.3. The number of esters is 1. The van der Waals surface area contributed by atoms with Crippen molar-refractivity contribution >= 4 is 25.7 Å². The molecule has 21 heavy (non-hydrogen) atoms. The van der Waals surface area contributed by atoms with Gasteiger partial charge < -0.3 is 9.47 Å². The van der Waals surface area contributed by atoms with Crippen LogP contribution in [0.3, 0.4) is 0 Å². The molecule has 0 spiro atoms. The van der Waals surface area contributed by atoms with Crippen molar-refractivity contribution in [3.63, 3.8) is 0 Å². The first-order valence-electron chi connectivity index (χ1n) is 5.41. The van der Waals surface area contributed by atoms with Crippen LogP contribution in [0.2, 0.25) is 0 Å². The molecule has 0 bridgehead atoms. The second kappa shape index (κ2) is 6.52. The number of hydrogen-bond acceptors (Lipinski definition) is 5. The SMILES string of the molecule is COC(=O)CCOc1ccc(S(=O)(=O)Cl)cc1C(F)(F)F. The molecule has 0 unspecified atom stereocenters. The van der Waals surface area contributed by atoms with Crippen LogP contribution < -0.4 is 4.74 Å². The summed E-state index contributed by atoms with van der Waals surface area (Å²) in [6.45, 7) is -0.345. The van der Waals surface area contributed by atoms with E-state index in [1.165, 1.54) is 0 Å². The summed E-state index contributed by atoms with van der Waals surface area (Å²) >= 11 is 0. The average Bonchev–Trinajstić information content (AvgIpc) is 2.36. The van der Waals surface area contributed by atoms with Gasteiger partial charge in [0.15, 0.2) is 0 Å². The van der Waals surface area contributed by atoms with Crippen LogP contribution in [0.5, 0.6) is 5.75 Å². The lowest BCUT2D eigenvalue weighted by Crippen LogP contribution is -2.12. The van der Waals surface area contributed by atoms with Crippen molar-refractivity contribution < 1.29 is 35.9 Å². The lowest BCUT2D eigenvalue weighted by Gasteiger charge is -2.14. The van der Waals surface area contributed by atoms with E-state index in [4.69, 9.17) is 15.4 Å². The number of alkyl halides is 3. The highest BCUT2D eigenvalue weighted by molar-refractivity contribution is 8.13. The van der Waals surface area contributed by atoms with Gasteiger partial charge in [-0.2, -0.15) is 13.2 Å². The van der Waals surface area contributed by atoms with Gasteiger partial charge in [-0.25, -0.2) is 8.42 Å². The van der Waals surface area contributed by atoms with Crippen molar-refractivity contribution in [2.75, 3.05) is 13.7 Å². The van der Waals surface area contributed by atoms with Gasteiger partial charge in [-0.05, 0) is 18.2 Å². The van der Waals surface area contributed by atoms with Crippen LogP contribution in [0, 0.1) is 0 Å². The highest BCUT2D eigenvalue weighted by atomic mass is 35.7. The molecule has 0 saturated carbocycles. The highest BCUT2D eigenvalue weighted by Gasteiger charge is 2.35. The summed E-state index contributed by atoms with van der Waals surface area (Å²) in [5, 5.41) is 0. The first-order valence-corrected chi connectivity index (χ1v) is 7.72. The van der Waals surface area contributed by atoms with E-state index in [1.54, 1.807) is 0 Å². The Bertz CT molecular complexity index is 627. The molecule has 0 fully saturated rings. The van der Waals surface area contributed by atoms with Crippen molar-refractivity contribution in [1.82, 2.24) is 0 Å². The number of benzene rings is 1. The fraction of sp³-hybridized carbons (Fsp3) is 0.364. The van der Waals surface area contributed by atoms with Crippen LogP contribution in [0.4, 0.5) is 13.2 Å². The molecule has 10 heteroatoms. The minimum Gasteiger partial charge on any atom is -0.492 e. The Morgan fingerprint density at radius 3 is 2.43 bits per heavy atom. The van der Waals surface area contributed by atoms with Crippen molar-refractivity contribution in [3.8, 4) is 5.75 Å². The minimum atomic E-state index is -4.84. The topological polar surface area (TPSA) is 69.7 Å². The fourth-order valence-corrected chi connectivity index (χ4v) is 2.13. The number of carbonyl (C=O) groups excluding carboxylic acids is 1. The van der Waals surface area contributed by atoms with Gasteiger partial charge in [0.2, 0.25) is 0 Å². The summed E-state index contributed by atoms with van der Waals surface area (Å²) in [5.74, 6) is -1.25. The van der Waals surface area contributed by atoms with E-state index in [0.717, 1.165) is 19.2 Å². The Balaban J connectivity index is 3.06. The monoisotopic (exact) mass is 346 g/mol. The quantitative estimate of drug-likeness (QED) is 0.605. The predicted molar refractivity (Wildman–Crippen MR) is 66.6 cm³/mol. The largest absolute Gasteiger partial charge is 0.492 e. The van der Waals surface area contributed by atoms with E-state index in [1.807, 2.05) is 0 Å². The van der Waals surface area contributed by atoms with Gasteiger partial charge >= 0.3 is 12.1 Å². The zero-order valence-electron chi connectivity index (χ0n) is 10.6. The second-order valence-electron chi connectivity index (χ2n) is 3.77. The zero-order valence-corrected chi connectivity index (χ0v) is 12.2. The molecule has 0 saturated heterocycles. The van der Waals surface area contributed by atoms with Gasteiger partial charge in [0, 0.05) is 10.7 Å². The smallest absolute Gasteiger partial charge is 0.420 e. The molecule has 0 atom stereocenters. The molecule has 1 aromatic rings. The third-order valence-electron chi connectivity index (χ3n) is 2.33. The Kier molecular flexibility index (Phi) is 5.46. The van der Waals surface area contributed by atoms with Gasteiger partial charge in [-0.3, -0.25) is 4.79 Å². The molecule has 0 heterocycles. The first kappa shape index (κ1) is 17.6. The van der Waals surface area contributed by atoms with Gasteiger partial charge in [0.25, 0.3) is 9.05 Å². The molecule has 5 nitrogen and oxygen atoms in total. The number of rotatable bonds is 5. The van der Waals surface area contributed by atoms with E-state index in [9.17, 15) is 26.4 Å². The van der Waals surface area contributed by atoms with Crippen LogP contribution in [0.1, 0.15) is 12.0 Å². The maximum atomic E-state index is 12.9. The van der Waals surface area contributed by atoms with Gasteiger partial charge in [-0.1, -0.05) is 0 Å². The lowest BCUT2D eigenvalue weighted by molar-refractivity contribution is -0.141. The third kappa shape index (κ3) is 5.09. The summed E-state index contributed by atoms with van der Waals surface area (Å²) < 4.78 is 69.9. The summed E-state index contributed by atoms with van der Waals surface area (Å²) in [6, 6.07) is 2.08. The Hall–Kier alpha value is -1.48. The van der Waals surface area contributed by atoms with Crippen LogP contribution in [0.25, 0.3) is 0 Å². The van der Waals surface area contributed by atoms with Crippen molar-refractivity contribution in [2.24, 2.45) is 0 Å². The molecule has 1 aromatic carbocycles. The van der Waals surface area contributed by atoms with E-state index < -0.39 is 37.4 Å². The summed E-state index contributed by atoms with van der Waals surface area (Å²) in [6.07, 6.45) is -5.08. The Morgan fingerprint density at radius 2 is 1.95 bits per heavy atom. The van der Waals surface area contributed by atoms with E-state index in [0.29, 0.717) is 6.07 Å². The molecule has 0 amide bonds. The van der Waals surface area contributed by atoms with E-state index in [-0.39, 0.29) is 13.0 Å². The molecule has 0 aromatic heterocycles.